The van der Waals surface area contributed by atoms with Gasteiger partial charge in [-0.05, 0) is 73.7 Å². The Morgan fingerprint density at radius 2 is 1.78 bits per heavy atom. The minimum atomic E-state index is -4.40. The van der Waals surface area contributed by atoms with E-state index in [4.69, 9.17) is 4.74 Å². The Morgan fingerprint density at radius 3 is 2.37 bits per heavy atom. The van der Waals surface area contributed by atoms with Crippen molar-refractivity contribution in [3.63, 3.8) is 0 Å². The molecule has 0 aliphatic carbocycles. The summed E-state index contributed by atoms with van der Waals surface area (Å²) in [4.78, 5) is 6.46. The molecule has 0 spiro atoms. The maximum atomic E-state index is 13.1. The average molecular weight is 378 g/mol. The molecule has 0 unspecified atom stereocenters. The van der Waals surface area contributed by atoms with Gasteiger partial charge in [0.05, 0.1) is 24.7 Å². The fraction of sp³-hybridized carbons (Fsp3) is 0.381. The van der Waals surface area contributed by atoms with Crippen LogP contribution in [0.5, 0.6) is 5.75 Å². The topological polar surface area (TPSA) is 24.8 Å². The first-order valence-corrected chi connectivity index (χ1v) is 8.73. The SMILES string of the molecule is CCN(C)C=Nc1cc(C)c(Cc2cc(OC)cc(C(F)(F)F)c2)cc1C. The second-order valence-electron chi connectivity index (χ2n) is 6.63. The number of alkyl halides is 3. The average Bonchev–Trinajstić information content (AvgIpc) is 2.61. The summed E-state index contributed by atoms with van der Waals surface area (Å²) in [6.07, 6.45) is -2.23. The van der Waals surface area contributed by atoms with E-state index in [1.165, 1.54) is 13.2 Å². The number of aliphatic imine (C=N–C) groups is 1. The lowest BCUT2D eigenvalue weighted by Crippen LogP contribution is -2.14. The van der Waals surface area contributed by atoms with Gasteiger partial charge >= 0.3 is 6.18 Å². The van der Waals surface area contributed by atoms with Crippen molar-refractivity contribution in [1.82, 2.24) is 4.90 Å². The van der Waals surface area contributed by atoms with Gasteiger partial charge in [-0.3, -0.25) is 0 Å². The van der Waals surface area contributed by atoms with E-state index in [9.17, 15) is 13.2 Å². The number of aryl methyl sites for hydroxylation is 2. The van der Waals surface area contributed by atoms with E-state index in [1.807, 2.05) is 44.9 Å². The number of methoxy groups -OCH3 is 1. The lowest BCUT2D eigenvalue weighted by Gasteiger charge is -2.14. The smallest absolute Gasteiger partial charge is 0.416 e. The summed E-state index contributed by atoms with van der Waals surface area (Å²) in [7, 11) is 3.32. The molecular weight excluding hydrogens is 353 g/mol. The first-order chi connectivity index (χ1) is 12.6. The van der Waals surface area contributed by atoms with Crippen LogP contribution in [0.4, 0.5) is 18.9 Å². The summed E-state index contributed by atoms with van der Waals surface area (Å²) in [6.45, 7) is 6.80. The highest BCUT2D eigenvalue weighted by Crippen LogP contribution is 2.34. The third-order valence-electron chi connectivity index (χ3n) is 4.47. The predicted molar refractivity (Wildman–Crippen MR) is 103 cm³/mol. The molecule has 6 heteroatoms. The van der Waals surface area contributed by atoms with Crippen LogP contribution >= 0.6 is 0 Å². The molecule has 0 saturated carbocycles. The molecule has 0 aliphatic rings. The molecule has 0 radical (unpaired) electrons. The van der Waals surface area contributed by atoms with Gasteiger partial charge < -0.3 is 9.64 Å². The summed E-state index contributed by atoms with van der Waals surface area (Å²) in [5.74, 6) is 0.207. The van der Waals surface area contributed by atoms with Crippen molar-refractivity contribution in [3.05, 3.63) is 58.1 Å². The standard InChI is InChI=1S/C21H25F3N2O/c1-6-26(4)13-25-20-8-14(2)17(7-15(20)3)9-16-10-18(21(22,23)24)12-19(11-16)27-5/h7-8,10-13H,6,9H2,1-5H3. The van der Waals surface area contributed by atoms with E-state index < -0.39 is 11.7 Å². The van der Waals surface area contributed by atoms with E-state index in [0.717, 1.165) is 35.0 Å². The van der Waals surface area contributed by atoms with Crippen molar-refractivity contribution in [2.45, 2.75) is 33.4 Å². The first-order valence-electron chi connectivity index (χ1n) is 8.73. The predicted octanol–water partition coefficient (Wildman–Crippen LogP) is 5.53. The third-order valence-corrected chi connectivity index (χ3v) is 4.47. The van der Waals surface area contributed by atoms with Crippen LogP contribution in [0.3, 0.4) is 0 Å². The summed E-state index contributed by atoms with van der Waals surface area (Å²) >= 11 is 0. The first kappa shape index (κ1) is 20.8. The molecule has 0 fully saturated rings. The molecule has 3 nitrogen and oxygen atoms in total. The maximum Gasteiger partial charge on any atom is 0.416 e. The van der Waals surface area contributed by atoms with E-state index >= 15 is 0 Å². The van der Waals surface area contributed by atoms with Crippen LogP contribution in [0, 0.1) is 13.8 Å². The van der Waals surface area contributed by atoms with Gasteiger partial charge in [0.2, 0.25) is 0 Å². The number of benzene rings is 2. The lowest BCUT2D eigenvalue weighted by molar-refractivity contribution is -0.137. The summed E-state index contributed by atoms with van der Waals surface area (Å²) in [5.41, 5.74) is 3.66. The molecule has 2 rings (SSSR count). The van der Waals surface area contributed by atoms with Crippen molar-refractivity contribution in [3.8, 4) is 5.75 Å². The number of nitrogens with zero attached hydrogens (tertiary/aromatic N) is 2. The number of rotatable bonds is 6. The Kier molecular flexibility index (Phi) is 6.52. The van der Waals surface area contributed by atoms with Crippen LogP contribution < -0.4 is 4.74 Å². The van der Waals surface area contributed by atoms with Crippen LogP contribution in [-0.4, -0.2) is 31.9 Å². The molecule has 0 atom stereocenters. The van der Waals surface area contributed by atoms with Gasteiger partial charge in [-0.25, -0.2) is 4.99 Å². The van der Waals surface area contributed by atoms with Crippen LogP contribution in [-0.2, 0) is 12.6 Å². The second kappa shape index (κ2) is 8.46. The fourth-order valence-corrected chi connectivity index (χ4v) is 2.70. The molecule has 2 aromatic carbocycles. The zero-order valence-electron chi connectivity index (χ0n) is 16.3. The van der Waals surface area contributed by atoms with Crippen LogP contribution in [0.15, 0.2) is 35.3 Å². The molecule has 0 saturated heterocycles. The van der Waals surface area contributed by atoms with Crippen LogP contribution in [0.2, 0.25) is 0 Å². The number of ether oxygens (including phenoxy) is 1. The van der Waals surface area contributed by atoms with E-state index in [2.05, 4.69) is 4.99 Å². The molecule has 0 bridgehead atoms. The Hall–Kier alpha value is -2.50. The summed E-state index contributed by atoms with van der Waals surface area (Å²) in [6, 6.07) is 7.80. The Labute approximate surface area is 158 Å². The zero-order chi connectivity index (χ0) is 20.2. The maximum absolute atomic E-state index is 13.1. The van der Waals surface area contributed by atoms with Gasteiger partial charge in [-0.15, -0.1) is 0 Å². The van der Waals surface area contributed by atoms with Crippen molar-refractivity contribution >= 4 is 12.0 Å². The van der Waals surface area contributed by atoms with Gasteiger partial charge in [-0.2, -0.15) is 13.2 Å². The lowest BCUT2D eigenvalue weighted by atomic mass is 9.96. The number of halogens is 3. The molecule has 0 aromatic heterocycles. The van der Waals surface area contributed by atoms with Gasteiger partial charge in [0.25, 0.3) is 0 Å². The largest absolute Gasteiger partial charge is 0.497 e. The molecule has 27 heavy (non-hydrogen) atoms. The van der Waals surface area contributed by atoms with Crippen molar-refractivity contribution in [2.75, 3.05) is 20.7 Å². The highest BCUT2D eigenvalue weighted by molar-refractivity contribution is 5.64. The minimum absolute atomic E-state index is 0.207. The quantitative estimate of drug-likeness (QED) is 0.487. The summed E-state index contributed by atoms with van der Waals surface area (Å²) in [5, 5.41) is 0. The van der Waals surface area contributed by atoms with Crippen LogP contribution in [0.1, 0.15) is 34.7 Å². The molecule has 0 N–H and O–H groups in total. The number of hydrogen-bond acceptors (Lipinski definition) is 2. The van der Waals surface area contributed by atoms with Crippen molar-refractivity contribution in [1.29, 1.82) is 0 Å². The molecule has 2 aromatic rings. The molecular formula is C21H25F3N2O. The summed E-state index contributed by atoms with van der Waals surface area (Å²) < 4.78 is 44.4. The third kappa shape index (κ3) is 5.49. The van der Waals surface area contributed by atoms with Crippen molar-refractivity contribution in [2.24, 2.45) is 4.99 Å². The van der Waals surface area contributed by atoms with Gasteiger partial charge in [-0.1, -0.05) is 6.07 Å². The highest BCUT2D eigenvalue weighted by atomic mass is 19.4. The monoisotopic (exact) mass is 378 g/mol. The highest BCUT2D eigenvalue weighted by Gasteiger charge is 2.31. The van der Waals surface area contributed by atoms with Gasteiger partial charge in [0.15, 0.2) is 0 Å². The van der Waals surface area contributed by atoms with E-state index in [1.54, 1.807) is 12.4 Å². The van der Waals surface area contributed by atoms with Crippen molar-refractivity contribution < 1.29 is 17.9 Å². The fourth-order valence-electron chi connectivity index (χ4n) is 2.70. The van der Waals surface area contributed by atoms with Crippen LogP contribution in [0.25, 0.3) is 0 Å². The zero-order valence-corrected chi connectivity index (χ0v) is 16.3. The number of hydrogen-bond donors (Lipinski definition) is 0. The van der Waals surface area contributed by atoms with Gasteiger partial charge in [0, 0.05) is 13.6 Å². The Balaban J connectivity index is 2.35. The molecule has 0 heterocycles. The second-order valence-corrected chi connectivity index (χ2v) is 6.63. The Morgan fingerprint density at radius 1 is 1.07 bits per heavy atom. The molecule has 0 aliphatic heterocycles. The minimum Gasteiger partial charge on any atom is -0.497 e. The Bertz CT molecular complexity index is 829. The molecule has 146 valence electrons. The molecule has 0 amide bonds. The van der Waals surface area contributed by atoms with E-state index in [0.29, 0.717) is 12.0 Å². The van der Waals surface area contributed by atoms with Gasteiger partial charge in [0.1, 0.15) is 5.75 Å². The normalized spacial score (nSPS) is 11.9. The van der Waals surface area contributed by atoms with E-state index in [-0.39, 0.29) is 5.75 Å².